The molecular formula is C54H36N2OS. The fourth-order valence-corrected chi connectivity index (χ4v) is 13.5. The van der Waals surface area contributed by atoms with Crippen molar-refractivity contribution in [3.63, 3.8) is 0 Å². The molecule has 3 nitrogen and oxygen atoms in total. The average Bonchev–Trinajstić information content (AvgIpc) is 3.96. The quantitative estimate of drug-likeness (QED) is 0.166. The second-order valence-electron chi connectivity index (χ2n) is 14.9. The van der Waals surface area contributed by atoms with Crippen LogP contribution in [0.25, 0.3) is 76.9 Å². The first-order chi connectivity index (χ1) is 28.8. The predicted octanol–water partition coefficient (Wildman–Crippen LogP) is 15.1. The van der Waals surface area contributed by atoms with Crippen LogP contribution >= 0.6 is 10.0 Å². The van der Waals surface area contributed by atoms with Gasteiger partial charge in [0.15, 0.2) is 5.58 Å². The molecule has 0 radical (unpaired) electrons. The van der Waals surface area contributed by atoms with E-state index in [1.807, 2.05) is 6.07 Å². The average molecular weight is 761 g/mol. The maximum atomic E-state index is 6.70. The number of aromatic nitrogens is 2. The van der Waals surface area contributed by atoms with Gasteiger partial charge in [0.2, 0.25) is 0 Å². The third-order valence-electron chi connectivity index (χ3n) is 11.8. The predicted molar refractivity (Wildman–Crippen MR) is 242 cm³/mol. The normalized spacial score (nSPS) is 12.4. The van der Waals surface area contributed by atoms with Crippen LogP contribution in [0.2, 0.25) is 0 Å². The van der Waals surface area contributed by atoms with E-state index in [2.05, 4.69) is 221 Å². The Bertz CT molecular complexity index is 3450. The molecule has 0 aliphatic carbocycles. The monoisotopic (exact) mass is 760 g/mol. The van der Waals surface area contributed by atoms with E-state index in [0.717, 1.165) is 44.3 Å². The van der Waals surface area contributed by atoms with Gasteiger partial charge in [-0.15, -0.1) is 10.0 Å². The van der Waals surface area contributed by atoms with Gasteiger partial charge in [-0.1, -0.05) is 121 Å². The summed E-state index contributed by atoms with van der Waals surface area (Å²) in [5, 5.41) is 7.18. The minimum absolute atomic E-state index is 0.902. The van der Waals surface area contributed by atoms with Gasteiger partial charge in [-0.2, -0.15) is 0 Å². The van der Waals surface area contributed by atoms with E-state index in [9.17, 15) is 0 Å². The van der Waals surface area contributed by atoms with Crippen LogP contribution in [-0.2, 0) is 0 Å². The van der Waals surface area contributed by atoms with Gasteiger partial charge in [-0.05, 0) is 97.1 Å². The lowest BCUT2D eigenvalue weighted by molar-refractivity contribution is 0.671. The molecular weight excluding hydrogens is 725 g/mol. The molecule has 58 heavy (non-hydrogen) atoms. The summed E-state index contributed by atoms with van der Waals surface area (Å²) < 4.78 is 11.5. The SMILES string of the molecule is c1ccc(-n2c3ccccc3c3c(S(c4ccccc4)(c4ccccc4)c4ccc(-n5c6ccccc6c6ccc7c8ccccc8oc7c65)cc4)cccc32)cc1. The molecule has 0 spiro atoms. The van der Waals surface area contributed by atoms with Crippen molar-refractivity contribution in [2.45, 2.75) is 19.6 Å². The molecule has 12 rings (SSSR count). The number of furan rings is 1. The third kappa shape index (κ3) is 4.64. The van der Waals surface area contributed by atoms with Crippen LogP contribution in [-0.4, -0.2) is 9.13 Å². The standard InChI is InChI=1S/C54H36N2OS/c1-4-17-37(18-5-1)55-48-27-14-11-25-46(48)52-49(55)28-16-30-51(52)58(39-19-6-2-7-20-39,40-21-8-3-9-22-40)41-33-31-38(32-34-41)56-47-26-13-10-23-42(47)44-35-36-45-43-24-12-15-29-50(43)57-54(45)53(44)56/h1-36H. The van der Waals surface area contributed by atoms with Gasteiger partial charge in [-0.3, -0.25) is 0 Å². The summed E-state index contributed by atoms with van der Waals surface area (Å²) in [4.78, 5) is 5.17. The van der Waals surface area contributed by atoms with Crippen LogP contribution in [0.3, 0.4) is 0 Å². The van der Waals surface area contributed by atoms with Crippen molar-refractivity contribution in [2.75, 3.05) is 0 Å². The van der Waals surface area contributed by atoms with Crippen LogP contribution in [0, 0.1) is 0 Å². The fraction of sp³-hybridized carbons (Fsp3) is 0. The molecule has 274 valence electrons. The number of benzene rings is 9. The Morgan fingerprint density at radius 2 is 0.845 bits per heavy atom. The molecule has 0 aliphatic heterocycles. The molecule has 4 heteroatoms. The Labute approximate surface area is 336 Å². The highest BCUT2D eigenvalue weighted by Crippen LogP contribution is 2.75. The van der Waals surface area contributed by atoms with Crippen LogP contribution in [0.5, 0.6) is 0 Å². The summed E-state index contributed by atoms with van der Waals surface area (Å²) in [5.41, 5.74) is 8.70. The highest BCUT2D eigenvalue weighted by molar-refractivity contribution is 8.34. The molecule has 9 aromatic carbocycles. The minimum Gasteiger partial charge on any atom is -0.454 e. The molecule has 0 fully saturated rings. The Morgan fingerprint density at radius 1 is 0.328 bits per heavy atom. The molecule has 3 aromatic heterocycles. The summed E-state index contributed by atoms with van der Waals surface area (Å²) >= 11 is 0. The van der Waals surface area contributed by atoms with Gasteiger partial charge >= 0.3 is 0 Å². The number of para-hydroxylation sites is 4. The fourth-order valence-electron chi connectivity index (χ4n) is 9.43. The van der Waals surface area contributed by atoms with Gasteiger partial charge < -0.3 is 13.6 Å². The van der Waals surface area contributed by atoms with Crippen molar-refractivity contribution in [1.82, 2.24) is 9.13 Å². The van der Waals surface area contributed by atoms with Gasteiger partial charge in [-0.25, -0.2) is 0 Å². The van der Waals surface area contributed by atoms with Crippen LogP contribution < -0.4 is 0 Å². The van der Waals surface area contributed by atoms with E-state index in [-0.39, 0.29) is 0 Å². The second kappa shape index (κ2) is 12.9. The Hall–Kier alpha value is -7.27. The molecule has 0 saturated carbocycles. The lowest BCUT2D eigenvalue weighted by Gasteiger charge is -2.42. The molecule has 0 aliphatic rings. The second-order valence-corrected chi connectivity index (χ2v) is 17.9. The van der Waals surface area contributed by atoms with Crippen LogP contribution in [0.15, 0.2) is 242 Å². The zero-order valence-electron chi connectivity index (χ0n) is 31.5. The summed E-state index contributed by atoms with van der Waals surface area (Å²) in [6, 6.07) is 79.9. The van der Waals surface area contributed by atoms with Crippen LogP contribution in [0.1, 0.15) is 0 Å². The Balaban J connectivity index is 1.17. The van der Waals surface area contributed by atoms with Crippen molar-refractivity contribution in [3.05, 3.63) is 218 Å². The summed E-state index contributed by atoms with van der Waals surface area (Å²) in [6.45, 7) is 0. The first-order valence-corrected chi connectivity index (χ1v) is 21.4. The number of rotatable bonds is 6. The highest BCUT2D eigenvalue weighted by atomic mass is 32.3. The molecule has 0 N–H and O–H groups in total. The molecule has 0 atom stereocenters. The van der Waals surface area contributed by atoms with Gasteiger partial charge in [0.05, 0.1) is 22.1 Å². The molecule has 0 unspecified atom stereocenters. The minimum atomic E-state index is -2.06. The molecule has 0 saturated heterocycles. The molecule has 12 aromatic rings. The van der Waals surface area contributed by atoms with Gasteiger partial charge in [0.25, 0.3) is 0 Å². The van der Waals surface area contributed by atoms with E-state index >= 15 is 0 Å². The maximum Gasteiger partial charge on any atom is 0.160 e. The molecule has 3 heterocycles. The lowest BCUT2D eigenvalue weighted by atomic mass is 10.1. The van der Waals surface area contributed by atoms with Crippen molar-refractivity contribution >= 4 is 75.6 Å². The van der Waals surface area contributed by atoms with Crippen LogP contribution in [0.4, 0.5) is 0 Å². The third-order valence-corrected chi connectivity index (χ3v) is 15.8. The van der Waals surface area contributed by atoms with Crippen molar-refractivity contribution in [2.24, 2.45) is 0 Å². The van der Waals surface area contributed by atoms with E-state index in [4.69, 9.17) is 4.42 Å². The Morgan fingerprint density at radius 3 is 1.55 bits per heavy atom. The van der Waals surface area contributed by atoms with E-state index in [1.54, 1.807) is 0 Å². The van der Waals surface area contributed by atoms with E-state index in [1.165, 1.54) is 52.2 Å². The number of fused-ring (bicyclic) bond motifs is 10. The zero-order valence-corrected chi connectivity index (χ0v) is 32.3. The first-order valence-electron chi connectivity index (χ1n) is 19.8. The highest BCUT2D eigenvalue weighted by Gasteiger charge is 2.36. The lowest BCUT2D eigenvalue weighted by Crippen LogP contribution is -2.06. The number of hydrogen-bond acceptors (Lipinski definition) is 1. The smallest absolute Gasteiger partial charge is 0.160 e. The summed E-state index contributed by atoms with van der Waals surface area (Å²) in [5.74, 6) is 0. The summed E-state index contributed by atoms with van der Waals surface area (Å²) in [6.07, 6.45) is 0. The molecule has 0 bridgehead atoms. The number of nitrogens with zero attached hydrogens (tertiary/aromatic N) is 2. The maximum absolute atomic E-state index is 6.70. The van der Waals surface area contributed by atoms with E-state index in [0.29, 0.717) is 0 Å². The van der Waals surface area contributed by atoms with Crippen molar-refractivity contribution in [3.8, 4) is 11.4 Å². The Kier molecular flexibility index (Phi) is 7.31. The summed E-state index contributed by atoms with van der Waals surface area (Å²) in [7, 11) is -2.06. The zero-order chi connectivity index (χ0) is 38.2. The first kappa shape index (κ1) is 32.9. The van der Waals surface area contributed by atoms with Gasteiger partial charge in [0.1, 0.15) is 5.58 Å². The van der Waals surface area contributed by atoms with E-state index < -0.39 is 10.0 Å². The largest absolute Gasteiger partial charge is 0.454 e. The van der Waals surface area contributed by atoms with Crippen molar-refractivity contribution in [1.29, 1.82) is 0 Å². The molecule has 0 amide bonds. The van der Waals surface area contributed by atoms with Gasteiger partial charge in [0, 0.05) is 63.3 Å². The topological polar surface area (TPSA) is 23.0 Å². The van der Waals surface area contributed by atoms with Crippen molar-refractivity contribution < 1.29 is 4.42 Å². The number of hydrogen-bond donors (Lipinski definition) is 0.